The first-order valence-electron chi connectivity index (χ1n) is 11.7. The summed E-state index contributed by atoms with van der Waals surface area (Å²) in [6, 6.07) is 13.9. The molecule has 0 aliphatic carbocycles. The van der Waals surface area contributed by atoms with Gasteiger partial charge in [0.15, 0.2) is 0 Å². The van der Waals surface area contributed by atoms with Crippen LogP contribution in [0.25, 0.3) is 0 Å². The van der Waals surface area contributed by atoms with Crippen LogP contribution >= 0.6 is 0 Å². The molecule has 8 nitrogen and oxygen atoms in total. The van der Waals surface area contributed by atoms with Gasteiger partial charge in [0.2, 0.25) is 10.0 Å². The van der Waals surface area contributed by atoms with Crippen molar-refractivity contribution in [2.45, 2.75) is 45.1 Å². The molecule has 1 unspecified atom stereocenters. The first-order valence-corrected chi connectivity index (χ1v) is 13.2. The minimum absolute atomic E-state index is 0.0607. The number of aryl methyl sites for hydroxylation is 3. The number of sulfonamides is 1. The van der Waals surface area contributed by atoms with Crippen LogP contribution < -0.4 is 9.46 Å². The van der Waals surface area contributed by atoms with E-state index in [9.17, 15) is 13.2 Å². The molecule has 35 heavy (non-hydrogen) atoms. The summed E-state index contributed by atoms with van der Waals surface area (Å²) in [5.74, 6) is 1.39. The number of hydrogen-bond donors (Lipinski definition) is 1. The molecular formula is C26H31N3O5S. The van der Waals surface area contributed by atoms with Gasteiger partial charge in [0.1, 0.15) is 18.1 Å². The minimum Gasteiger partial charge on any atom is -0.489 e. The molecule has 186 valence electrons. The van der Waals surface area contributed by atoms with Gasteiger partial charge < -0.3 is 14.2 Å². The summed E-state index contributed by atoms with van der Waals surface area (Å²) in [4.78, 5) is 15.1. The molecule has 0 radical (unpaired) electrons. The van der Waals surface area contributed by atoms with E-state index in [0.717, 1.165) is 35.4 Å². The number of amides is 1. The molecule has 4 rings (SSSR count). The van der Waals surface area contributed by atoms with Gasteiger partial charge in [-0.1, -0.05) is 22.9 Å². The number of likely N-dealkylation sites (tertiary alicyclic amines) is 1. The molecule has 0 bridgehead atoms. The van der Waals surface area contributed by atoms with E-state index in [-0.39, 0.29) is 16.7 Å². The molecule has 1 amide bonds. The van der Waals surface area contributed by atoms with E-state index in [1.54, 1.807) is 53.4 Å². The average molecular weight is 498 g/mol. The summed E-state index contributed by atoms with van der Waals surface area (Å²) in [6.45, 7) is 7.45. The first-order chi connectivity index (χ1) is 16.7. The van der Waals surface area contributed by atoms with Crippen LogP contribution in [0.1, 0.15) is 45.8 Å². The van der Waals surface area contributed by atoms with Crippen molar-refractivity contribution in [1.82, 2.24) is 14.8 Å². The number of hydrogen-bond acceptors (Lipinski definition) is 6. The Labute approximate surface area is 206 Å². The number of carbonyl (C=O) groups excluding carboxylic acids is 1. The van der Waals surface area contributed by atoms with Crippen molar-refractivity contribution in [3.63, 3.8) is 0 Å². The van der Waals surface area contributed by atoms with E-state index in [1.165, 1.54) is 0 Å². The van der Waals surface area contributed by atoms with Crippen LogP contribution in [-0.2, 0) is 16.6 Å². The molecule has 2 aromatic carbocycles. The van der Waals surface area contributed by atoms with E-state index in [4.69, 9.17) is 9.26 Å². The molecule has 1 fully saturated rings. The van der Waals surface area contributed by atoms with E-state index in [1.807, 2.05) is 20.8 Å². The largest absolute Gasteiger partial charge is 0.489 e. The minimum atomic E-state index is -3.58. The van der Waals surface area contributed by atoms with Crippen molar-refractivity contribution in [2.75, 3.05) is 19.6 Å². The zero-order valence-corrected chi connectivity index (χ0v) is 21.1. The van der Waals surface area contributed by atoms with Crippen molar-refractivity contribution < 1.29 is 22.5 Å². The Morgan fingerprint density at radius 2 is 1.83 bits per heavy atom. The van der Waals surface area contributed by atoms with Gasteiger partial charge in [0.25, 0.3) is 5.91 Å². The van der Waals surface area contributed by atoms with Crippen LogP contribution in [0.15, 0.2) is 57.9 Å². The van der Waals surface area contributed by atoms with Crippen LogP contribution in [0.4, 0.5) is 0 Å². The van der Waals surface area contributed by atoms with Crippen molar-refractivity contribution in [3.8, 4) is 5.75 Å². The van der Waals surface area contributed by atoms with Crippen molar-refractivity contribution >= 4 is 15.9 Å². The highest BCUT2D eigenvalue weighted by Gasteiger charge is 2.26. The zero-order chi connectivity index (χ0) is 25.0. The SMILES string of the molecule is Cc1ccc(S(=O)(=O)NCC2CCCN(C(=O)c3ccc(OCc4c(C)noc4C)cc3)C2)cc1. The third kappa shape index (κ3) is 6.10. The quantitative estimate of drug-likeness (QED) is 0.505. The van der Waals surface area contributed by atoms with Crippen molar-refractivity contribution in [1.29, 1.82) is 0 Å². The molecule has 3 aromatic rings. The Balaban J connectivity index is 1.31. The summed E-state index contributed by atoms with van der Waals surface area (Å²) < 4.78 is 38.9. The van der Waals surface area contributed by atoms with E-state index in [0.29, 0.717) is 37.6 Å². The second kappa shape index (κ2) is 10.6. The Morgan fingerprint density at radius 3 is 2.49 bits per heavy atom. The van der Waals surface area contributed by atoms with Gasteiger partial charge in [-0.2, -0.15) is 0 Å². The molecular weight excluding hydrogens is 466 g/mol. The number of aromatic nitrogens is 1. The summed E-state index contributed by atoms with van der Waals surface area (Å²) in [6.07, 6.45) is 1.70. The number of nitrogens with one attached hydrogen (secondary N) is 1. The molecule has 9 heteroatoms. The van der Waals surface area contributed by atoms with Crippen molar-refractivity contribution in [3.05, 3.63) is 76.7 Å². The van der Waals surface area contributed by atoms with E-state index < -0.39 is 10.0 Å². The number of carbonyl (C=O) groups is 1. The molecule has 2 heterocycles. The van der Waals surface area contributed by atoms with Crippen LogP contribution in [0.3, 0.4) is 0 Å². The molecule has 0 saturated carbocycles. The summed E-state index contributed by atoms with van der Waals surface area (Å²) in [5.41, 5.74) is 3.30. The monoisotopic (exact) mass is 497 g/mol. The lowest BCUT2D eigenvalue weighted by Gasteiger charge is -2.33. The Bertz CT molecular complexity index is 1250. The smallest absolute Gasteiger partial charge is 0.253 e. The lowest BCUT2D eigenvalue weighted by Crippen LogP contribution is -2.43. The maximum atomic E-state index is 13.1. The van der Waals surface area contributed by atoms with E-state index in [2.05, 4.69) is 9.88 Å². The fourth-order valence-corrected chi connectivity index (χ4v) is 5.30. The number of piperidine rings is 1. The molecule has 1 aliphatic heterocycles. The average Bonchev–Trinajstić information content (AvgIpc) is 3.18. The third-order valence-corrected chi connectivity index (χ3v) is 7.80. The second-order valence-corrected chi connectivity index (χ2v) is 10.8. The summed E-state index contributed by atoms with van der Waals surface area (Å²) >= 11 is 0. The van der Waals surface area contributed by atoms with E-state index >= 15 is 0 Å². The van der Waals surface area contributed by atoms with Gasteiger partial charge in [-0.05, 0) is 75.9 Å². The van der Waals surface area contributed by atoms with Crippen molar-refractivity contribution in [2.24, 2.45) is 5.92 Å². The van der Waals surface area contributed by atoms with Gasteiger partial charge in [-0.25, -0.2) is 13.1 Å². The predicted octanol–water partition coefficient (Wildman–Crippen LogP) is 4.01. The lowest BCUT2D eigenvalue weighted by atomic mass is 9.97. The fourth-order valence-electron chi connectivity index (χ4n) is 4.18. The maximum absolute atomic E-state index is 13.1. The van der Waals surface area contributed by atoms with Gasteiger partial charge in [-0.3, -0.25) is 4.79 Å². The number of nitrogens with zero attached hydrogens (tertiary/aromatic N) is 2. The molecule has 1 aliphatic rings. The van der Waals surface area contributed by atoms with Gasteiger partial charge >= 0.3 is 0 Å². The highest BCUT2D eigenvalue weighted by Crippen LogP contribution is 2.22. The Hall–Kier alpha value is -3.17. The first kappa shape index (κ1) is 24.9. The number of ether oxygens (including phenoxy) is 1. The topological polar surface area (TPSA) is 102 Å². The van der Waals surface area contributed by atoms with Gasteiger partial charge in [0.05, 0.1) is 16.2 Å². The van der Waals surface area contributed by atoms with Crippen LogP contribution in [0.5, 0.6) is 5.75 Å². The normalized spacial score (nSPS) is 16.3. The van der Waals surface area contributed by atoms with Crippen LogP contribution in [-0.4, -0.2) is 44.0 Å². The highest BCUT2D eigenvalue weighted by molar-refractivity contribution is 7.89. The molecule has 0 spiro atoms. The predicted molar refractivity (Wildman–Crippen MR) is 132 cm³/mol. The number of rotatable bonds is 8. The molecule has 1 N–H and O–H groups in total. The van der Waals surface area contributed by atoms with Gasteiger partial charge in [-0.15, -0.1) is 0 Å². The second-order valence-electron chi connectivity index (χ2n) is 9.04. The maximum Gasteiger partial charge on any atom is 0.253 e. The fraction of sp³-hybridized carbons (Fsp3) is 0.385. The summed E-state index contributed by atoms with van der Waals surface area (Å²) in [7, 11) is -3.58. The number of benzene rings is 2. The Kier molecular flexibility index (Phi) is 7.57. The van der Waals surface area contributed by atoms with Crippen LogP contribution in [0, 0.1) is 26.7 Å². The highest BCUT2D eigenvalue weighted by atomic mass is 32.2. The third-order valence-electron chi connectivity index (χ3n) is 6.37. The Morgan fingerprint density at radius 1 is 1.11 bits per heavy atom. The molecule has 1 saturated heterocycles. The standard InChI is InChI=1S/C26H31N3O5S/c1-18-6-12-24(13-7-18)35(31,32)27-15-21-5-4-14-29(16-21)26(30)22-8-10-23(11-9-22)33-17-25-19(2)28-34-20(25)3/h6-13,21,27H,4-5,14-17H2,1-3H3. The van der Waals surface area contributed by atoms with Gasteiger partial charge in [0, 0.05) is 25.2 Å². The lowest BCUT2D eigenvalue weighted by molar-refractivity contribution is 0.0676. The summed E-state index contributed by atoms with van der Waals surface area (Å²) in [5, 5.41) is 3.93. The molecule has 1 aromatic heterocycles. The molecule has 1 atom stereocenters. The van der Waals surface area contributed by atoms with Crippen LogP contribution in [0.2, 0.25) is 0 Å². The zero-order valence-electron chi connectivity index (χ0n) is 20.3.